The first-order chi connectivity index (χ1) is 7.79. The first-order valence-corrected chi connectivity index (χ1v) is 5.77. The van der Waals surface area contributed by atoms with E-state index in [2.05, 4.69) is 4.98 Å². The van der Waals surface area contributed by atoms with Crippen LogP contribution >= 0.6 is 22.9 Å². The van der Waals surface area contributed by atoms with Gasteiger partial charge in [-0.2, -0.15) is 4.98 Å². The normalized spacial score (nSPS) is 10.1. The summed E-state index contributed by atoms with van der Waals surface area (Å²) < 4.78 is 5.42. The molecule has 0 atom stereocenters. The number of carbonyl (C=O) groups is 1. The van der Waals surface area contributed by atoms with E-state index in [1.54, 1.807) is 0 Å². The molecule has 0 unspecified atom stereocenters. The minimum Gasteiger partial charge on any atom is -0.465 e. The van der Waals surface area contributed by atoms with Crippen LogP contribution < -0.4 is 4.74 Å². The lowest BCUT2D eigenvalue weighted by Gasteiger charge is -2.01. The third-order valence-electron chi connectivity index (χ3n) is 1.90. The van der Waals surface area contributed by atoms with Gasteiger partial charge in [0.05, 0.1) is 0 Å². The zero-order chi connectivity index (χ0) is 11.4. The highest BCUT2D eigenvalue weighted by atomic mass is 35.5. The average Bonchev–Trinajstić information content (AvgIpc) is 2.69. The van der Waals surface area contributed by atoms with Gasteiger partial charge in [-0.05, 0) is 5.56 Å². The van der Waals surface area contributed by atoms with E-state index in [9.17, 15) is 4.79 Å². The summed E-state index contributed by atoms with van der Waals surface area (Å²) in [5.41, 5.74) is 1.04. The summed E-state index contributed by atoms with van der Waals surface area (Å²) in [5.74, 6) is 0. The quantitative estimate of drug-likeness (QED) is 0.786. The van der Waals surface area contributed by atoms with Gasteiger partial charge < -0.3 is 4.74 Å². The Labute approximate surface area is 102 Å². The lowest BCUT2D eigenvalue weighted by Crippen LogP contribution is -1.93. The molecule has 82 valence electrons. The van der Waals surface area contributed by atoms with E-state index in [1.807, 2.05) is 30.3 Å². The molecule has 0 amide bonds. The summed E-state index contributed by atoms with van der Waals surface area (Å²) in [6.45, 7) is 0.420. The fourth-order valence-electron chi connectivity index (χ4n) is 1.15. The van der Waals surface area contributed by atoms with Crippen LogP contribution in [0.4, 0.5) is 0 Å². The van der Waals surface area contributed by atoms with Crippen molar-refractivity contribution in [3.8, 4) is 5.19 Å². The average molecular weight is 254 g/mol. The highest BCUT2D eigenvalue weighted by molar-refractivity contribution is 7.15. The standard InChI is InChI=1S/C11H8ClNO2S/c12-10-9(6-14)16-11(13-10)15-7-8-4-2-1-3-5-8/h1-6H,7H2. The second-order valence-corrected chi connectivity index (χ2v) is 4.38. The second kappa shape index (κ2) is 5.09. The largest absolute Gasteiger partial charge is 0.465 e. The van der Waals surface area contributed by atoms with E-state index < -0.39 is 0 Å². The van der Waals surface area contributed by atoms with Gasteiger partial charge in [0.1, 0.15) is 11.5 Å². The molecule has 0 bridgehead atoms. The molecule has 3 nitrogen and oxygen atoms in total. The molecule has 0 radical (unpaired) electrons. The Kier molecular flexibility index (Phi) is 3.54. The number of carbonyl (C=O) groups excluding carboxylic acids is 1. The molecule has 0 spiro atoms. The van der Waals surface area contributed by atoms with Crippen LogP contribution in [0.25, 0.3) is 0 Å². The SMILES string of the molecule is O=Cc1sc(OCc2ccccc2)nc1Cl. The fourth-order valence-corrected chi connectivity index (χ4v) is 2.06. The number of ether oxygens (including phenoxy) is 1. The van der Waals surface area contributed by atoms with Crippen molar-refractivity contribution in [3.05, 3.63) is 45.9 Å². The molecule has 0 aliphatic rings. The molecule has 0 saturated carbocycles. The molecule has 0 N–H and O–H groups in total. The van der Waals surface area contributed by atoms with Gasteiger partial charge in [-0.15, -0.1) is 0 Å². The summed E-state index contributed by atoms with van der Waals surface area (Å²) >= 11 is 6.86. The summed E-state index contributed by atoms with van der Waals surface area (Å²) in [4.78, 5) is 14.9. The maximum atomic E-state index is 10.5. The van der Waals surface area contributed by atoms with E-state index in [-0.39, 0.29) is 5.15 Å². The van der Waals surface area contributed by atoms with Crippen molar-refractivity contribution in [2.45, 2.75) is 6.61 Å². The second-order valence-electron chi connectivity index (χ2n) is 3.03. The number of halogens is 1. The molecule has 1 heterocycles. The Hall–Kier alpha value is -1.39. The number of hydrogen-bond acceptors (Lipinski definition) is 4. The summed E-state index contributed by atoms with van der Waals surface area (Å²) in [5, 5.41) is 0.610. The number of hydrogen-bond donors (Lipinski definition) is 0. The predicted octanol–water partition coefficient (Wildman–Crippen LogP) is 3.19. The van der Waals surface area contributed by atoms with E-state index >= 15 is 0 Å². The van der Waals surface area contributed by atoms with Crippen LogP contribution in [-0.2, 0) is 6.61 Å². The molecule has 2 aromatic rings. The monoisotopic (exact) mass is 253 g/mol. The Morgan fingerprint density at radius 1 is 1.38 bits per heavy atom. The van der Waals surface area contributed by atoms with Gasteiger partial charge in [0.25, 0.3) is 5.19 Å². The van der Waals surface area contributed by atoms with Crippen molar-refractivity contribution < 1.29 is 9.53 Å². The van der Waals surface area contributed by atoms with E-state index in [0.717, 1.165) is 16.9 Å². The minimum atomic E-state index is 0.197. The number of nitrogens with zero attached hydrogens (tertiary/aromatic N) is 1. The van der Waals surface area contributed by atoms with Crippen LogP contribution in [0.15, 0.2) is 30.3 Å². The van der Waals surface area contributed by atoms with Gasteiger partial charge in [-0.25, -0.2) is 0 Å². The zero-order valence-corrected chi connectivity index (χ0v) is 9.79. The number of benzene rings is 1. The van der Waals surface area contributed by atoms with Gasteiger partial charge in [-0.3, -0.25) is 4.79 Å². The maximum absolute atomic E-state index is 10.5. The molecular weight excluding hydrogens is 246 g/mol. The molecule has 0 saturated heterocycles. The van der Waals surface area contributed by atoms with Crippen LogP contribution in [0.1, 0.15) is 15.2 Å². The van der Waals surface area contributed by atoms with Gasteiger partial charge >= 0.3 is 0 Å². The number of rotatable bonds is 4. The molecule has 1 aromatic carbocycles. The third-order valence-corrected chi connectivity index (χ3v) is 3.20. The molecular formula is C11H8ClNO2S. The minimum absolute atomic E-state index is 0.197. The lowest BCUT2D eigenvalue weighted by molar-refractivity contribution is 0.112. The van der Waals surface area contributed by atoms with Crippen LogP contribution in [0.3, 0.4) is 0 Å². The fraction of sp³-hybridized carbons (Fsp3) is 0.0909. The maximum Gasteiger partial charge on any atom is 0.275 e. The molecule has 5 heteroatoms. The van der Waals surface area contributed by atoms with Crippen LogP contribution in [0.2, 0.25) is 5.15 Å². The highest BCUT2D eigenvalue weighted by Crippen LogP contribution is 2.27. The van der Waals surface area contributed by atoms with E-state index in [0.29, 0.717) is 23.0 Å². The predicted molar refractivity (Wildman–Crippen MR) is 63.3 cm³/mol. The Morgan fingerprint density at radius 2 is 2.12 bits per heavy atom. The van der Waals surface area contributed by atoms with Crippen molar-refractivity contribution >= 4 is 29.2 Å². The van der Waals surface area contributed by atoms with Crippen LogP contribution in [0.5, 0.6) is 5.19 Å². The van der Waals surface area contributed by atoms with E-state index in [4.69, 9.17) is 16.3 Å². The zero-order valence-electron chi connectivity index (χ0n) is 8.22. The van der Waals surface area contributed by atoms with Crippen molar-refractivity contribution in [2.24, 2.45) is 0 Å². The van der Waals surface area contributed by atoms with Crippen LogP contribution in [-0.4, -0.2) is 11.3 Å². The number of aldehydes is 1. The molecule has 1 aromatic heterocycles. The first-order valence-electron chi connectivity index (χ1n) is 4.58. The summed E-state index contributed by atoms with van der Waals surface area (Å²) in [6, 6.07) is 9.72. The number of aromatic nitrogens is 1. The van der Waals surface area contributed by atoms with Crippen molar-refractivity contribution in [3.63, 3.8) is 0 Å². The summed E-state index contributed by atoms with van der Waals surface area (Å²) in [6.07, 6.45) is 0.676. The van der Waals surface area contributed by atoms with Crippen LogP contribution in [0, 0.1) is 0 Å². The topological polar surface area (TPSA) is 39.2 Å². The molecule has 0 aliphatic carbocycles. The van der Waals surface area contributed by atoms with Gasteiger partial charge in [-0.1, -0.05) is 53.3 Å². The number of thiazole rings is 1. The van der Waals surface area contributed by atoms with Crippen molar-refractivity contribution in [2.75, 3.05) is 0 Å². The highest BCUT2D eigenvalue weighted by Gasteiger charge is 2.09. The Bertz CT molecular complexity index is 484. The molecule has 16 heavy (non-hydrogen) atoms. The first kappa shape index (κ1) is 11.1. The Balaban J connectivity index is 2.02. The van der Waals surface area contributed by atoms with Gasteiger partial charge in [0, 0.05) is 0 Å². The Morgan fingerprint density at radius 3 is 2.75 bits per heavy atom. The smallest absolute Gasteiger partial charge is 0.275 e. The van der Waals surface area contributed by atoms with Gasteiger partial charge in [0.15, 0.2) is 11.4 Å². The van der Waals surface area contributed by atoms with Crippen molar-refractivity contribution in [1.82, 2.24) is 4.98 Å². The third kappa shape index (κ3) is 2.59. The molecule has 2 rings (SSSR count). The molecule has 0 fully saturated rings. The van der Waals surface area contributed by atoms with Crippen molar-refractivity contribution in [1.29, 1.82) is 0 Å². The molecule has 0 aliphatic heterocycles. The summed E-state index contributed by atoms with van der Waals surface area (Å²) in [7, 11) is 0. The van der Waals surface area contributed by atoms with Gasteiger partial charge in [0.2, 0.25) is 0 Å². The lowest BCUT2D eigenvalue weighted by atomic mass is 10.2. The van der Waals surface area contributed by atoms with E-state index in [1.165, 1.54) is 0 Å².